The number of carbonyl (C=O) groups excluding carboxylic acids is 2. The molecule has 1 aromatic heterocycles. The summed E-state index contributed by atoms with van der Waals surface area (Å²) >= 11 is 0. The van der Waals surface area contributed by atoms with Crippen LogP contribution in [0.1, 0.15) is 57.2 Å². The van der Waals surface area contributed by atoms with Crippen LogP contribution in [0.15, 0.2) is 66.8 Å². The van der Waals surface area contributed by atoms with E-state index >= 15 is 0 Å². The minimum absolute atomic E-state index is 0.0412. The van der Waals surface area contributed by atoms with Crippen molar-refractivity contribution in [2.24, 2.45) is 0 Å². The number of amides is 1. The van der Waals surface area contributed by atoms with Crippen molar-refractivity contribution >= 4 is 17.4 Å². The van der Waals surface area contributed by atoms with Crippen molar-refractivity contribution in [1.82, 2.24) is 14.5 Å². The first-order valence-corrected chi connectivity index (χ1v) is 13.8. The number of aryl methyl sites for hydroxylation is 1. The Labute approximate surface area is 235 Å². The molecule has 1 atom stereocenters. The van der Waals surface area contributed by atoms with E-state index in [1.807, 2.05) is 37.6 Å². The van der Waals surface area contributed by atoms with Gasteiger partial charge in [-0.15, -0.1) is 0 Å². The van der Waals surface area contributed by atoms with Crippen LogP contribution >= 0.6 is 0 Å². The zero-order valence-corrected chi connectivity index (χ0v) is 23.3. The Kier molecular flexibility index (Phi) is 9.83. The monoisotopic (exact) mass is 547 g/mol. The lowest BCUT2D eigenvalue weighted by Crippen LogP contribution is -2.31. The van der Waals surface area contributed by atoms with Gasteiger partial charge in [-0.3, -0.25) is 9.59 Å². The lowest BCUT2D eigenvalue weighted by atomic mass is 9.95. The zero-order valence-electron chi connectivity index (χ0n) is 23.3. The van der Waals surface area contributed by atoms with E-state index in [0.717, 1.165) is 12.8 Å². The van der Waals surface area contributed by atoms with Gasteiger partial charge >= 0.3 is 0 Å². The van der Waals surface area contributed by atoms with Gasteiger partial charge in [-0.1, -0.05) is 19.9 Å². The number of aromatic nitrogens is 2. The highest BCUT2D eigenvalue weighted by Crippen LogP contribution is 2.42. The Hall–Kier alpha value is -4.27. The minimum Gasteiger partial charge on any atom is -0.507 e. The smallest absolute Gasteiger partial charge is 0.295 e. The maximum Gasteiger partial charge on any atom is 0.295 e. The van der Waals surface area contributed by atoms with Gasteiger partial charge in [-0.25, -0.2) is 4.98 Å². The number of imidazole rings is 1. The standard InChI is InChI=1S/C31H37N3O6/c1-4-18-39-24-11-8-22(9-12-24)29(35)27-28(23-10-13-25(40-19-5-2)26(20-23)38-6-3)34(31(37)30(27)36)16-7-15-33-17-14-32-21-33/h8-14,17,20-21,28,35H,4-7,15-16,18-19H2,1-3H3. The molecule has 1 amide bonds. The molecule has 2 aromatic carbocycles. The molecule has 0 spiro atoms. The SMILES string of the molecule is CCCOc1ccc(C(O)=C2C(=O)C(=O)N(CCCn3ccnc3)C2c2ccc(OCCC)c(OCC)c2)cc1. The number of ether oxygens (including phenoxy) is 3. The highest BCUT2D eigenvalue weighted by molar-refractivity contribution is 6.46. The predicted molar refractivity (Wildman–Crippen MR) is 151 cm³/mol. The van der Waals surface area contributed by atoms with Crippen LogP contribution in [0.5, 0.6) is 17.2 Å². The molecule has 9 nitrogen and oxygen atoms in total. The molecular formula is C31H37N3O6. The molecule has 3 aromatic rings. The first-order valence-electron chi connectivity index (χ1n) is 13.8. The molecule has 1 fully saturated rings. The van der Waals surface area contributed by atoms with Crippen LogP contribution < -0.4 is 14.2 Å². The Morgan fingerprint density at radius 2 is 1.68 bits per heavy atom. The average Bonchev–Trinajstić information content (AvgIpc) is 3.58. The first kappa shape index (κ1) is 28.7. The summed E-state index contributed by atoms with van der Waals surface area (Å²) in [5.74, 6) is 0.179. The molecule has 212 valence electrons. The number of benzene rings is 2. The Balaban J connectivity index is 1.74. The summed E-state index contributed by atoms with van der Waals surface area (Å²) in [5, 5.41) is 11.4. The molecule has 1 saturated heterocycles. The normalized spacial score (nSPS) is 16.4. The lowest BCUT2D eigenvalue weighted by Gasteiger charge is -2.26. The van der Waals surface area contributed by atoms with Crippen molar-refractivity contribution in [2.45, 2.75) is 52.6 Å². The van der Waals surface area contributed by atoms with Crippen molar-refractivity contribution in [2.75, 3.05) is 26.4 Å². The fourth-order valence-electron chi connectivity index (χ4n) is 4.68. The fourth-order valence-corrected chi connectivity index (χ4v) is 4.68. The summed E-state index contributed by atoms with van der Waals surface area (Å²) in [6.45, 7) is 8.40. The van der Waals surface area contributed by atoms with Crippen LogP contribution in [0.2, 0.25) is 0 Å². The number of Topliss-reactive ketones (excluding diaryl/α,β-unsaturated/α-hetero) is 1. The third-order valence-electron chi connectivity index (χ3n) is 6.56. The number of hydrogen-bond acceptors (Lipinski definition) is 7. The van der Waals surface area contributed by atoms with Gasteiger partial charge in [0.05, 0.1) is 37.8 Å². The molecule has 0 radical (unpaired) electrons. The largest absolute Gasteiger partial charge is 0.507 e. The summed E-state index contributed by atoms with van der Waals surface area (Å²) in [6.07, 6.45) is 7.57. The number of ketones is 1. The number of likely N-dealkylation sites (tertiary alicyclic amines) is 1. The number of carbonyl (C=O) groups is 2. The molecule has 1 unspecified atom stereocenters. The van der Waals surface area contributed by atoms with E-state index in [9.17, 15) is 14.7 Å². The molecule has 0 bridgehead atoms. The Morgan fingerprint density at radius 1 is 0.925 bits per heavy atom. The molecule has 4 rings (SSSR count). The number of hydrogen-bond donors (Lipinski definition) is 1. The number of nitrogens with zero attached hydrogens (tertiary/aromatic N) is 3. The summed E-state index contributed by atoms with van der Waals surface area (Å²) in [6, 6.07) is 11.5. The fraction of sp³-hybridized carbons (Fsp3) is 0.387. The predicted octanol–water partition coefficient (Wildman–Crippen LogP) is 5.37. The lowest BCUT2D eigenvalue weighted by molar-refractivity contribution is -0.139. The molecule has 1 aliphatic rings. The second-order valence-electron chi connectivity index (χ2n) is 9.51. The van der Waals surface area contributed by atoms with Crippen LogP contribution in [0, 0.1) is 0 Å². The van der Waals surface area contributed by atoms with Crippen LogP contribution in [0.25, 0.3) is 5.76 Å². The van der Waals surface area contributed by atoms with Gasteiger partial charge in [0, 0.05) is 31.0 Å². The molecule has 1 aliphatic heterocycles. The van der Waals surface area contributed by atoms with E-state index in [1.165, 1.54) is 4.90 Å². The molecule has 2 heterocycles. The van der Waals surface area contributed by atoms with Gasteiger partial charge in [0.2, 0.25) is 0 Å². The summed E-state index contributed by atoms with van der Waals surface area (Å²) in [7, 11) is 0. The average molecular weight is 548 g/mol. The topological polar surface area (TPSA) is 103 Å². The maximum atomic E-state index is 13.4. The summed E-state index contributed by atoms with van der Waals surface area (Å²) < 4.78 is 19.3. The number of aliphatic hydroxyl groups is 1. The van der Waals surface area contributed by atoms with Crippen LogP contribution in [0.4, 0.5) is 0 Å². The third kappa shape index (κ3) is 6.47. The number of rotatable bonds is 14. The van der Waals surface area contributed by atoms with E-state index in [-0.39, 0.29) is 11.3 Å². The minimum atomic E-state index is -0.793. The molecule has 1 N–H and O–H groups in total. The molecular weight excluding hydrogens is 510 g/mol. The third-order valence-corrected chi connectivity index (χ3v) is 6.56. The second-order valence-corrected chi connectivity index (χ2v) is 9.51. The van der Waals surface area contributed by atoms with Crippen LogP contribution in [-0.4, -0.2) is 57.6 Å². The van der Waals surface area contributed by atoms with Gasteiger partial charge in [0.25, 0.3) is 11.7 Å². The second kappa shape index (κ2) is 13.7. The Morgan fingerprint density at radius 3 is 2.35 bits per heavy atom. The van der Waals surface area contributed by atoms with Gasteiger partial charge in [0.1, 0.15) is 11.5 Å². The van der Waals surface area contributed by atoms with Crippen molar-refractivity contribution in [3.05, 3.63) is 77.9 Å². The molecule has 0 aliphatic carbocycles. The van der Waals surface area contributed by atoms with Crippen molar-refractivity contribution in [3.63, 3.8) is 0 Å². The van der Waals surface area contributed by atoms with E-state index in [0.29, 0.717) is 67.7 Å². The highest BCUT2D eigenvalue weighted by atomic mass is 16.5. The van der Waals surface area contributed by atoms with E-state index < -0.39 is 17.7 Å². The van der Waals surface area contributed by atoms with Crippen molar-refractivity contribution < 1.29 is 28.9 Å². The summed E-state index contributed by atoms with van der Waals surface area (Å²) in [4.78, 5) is 32.4. The summed E-state index contributed by atoms with van der Waals surface area (Å²) in [5.41, 5.74) is 1.12. The van der Waals surface area contributed by atoms with Crippen LogP contribution in [0.3, 0.4) is 0 Å². The van der Waals surface area contributed by atoms with Crippen LogP contribution in [-0.2, 0) is 16.1 Å². The first-order chi connectivity index (χ1) is 19.5. The van der Waals surface area contributed by atoms with E-state index in [2.05, 4.69) is 4.98 Å². The molecule has 9 heteroatoms. The maximum absolute atomic E-state index is 13.4. The van der Waals surface area contributed by atoms with Gasteiger partial charge < -0.3 is 28.8 Å². The molecule has 0 saturated carbocycles. The van der Waals surface area contributed by atoms with Crippen molar-refractivity contribution in [3.8, 4) is 17.2 Å². The van der Waals surface area contributed by atoms with E-state index in [4.69, 9.17) is 14.2 Å². The quantitative estimate of drug-likeness (QED) is 0.164. The zero-order chi connectivity index (χ0) is 28.5. The Bertz CT molecular complexity index is 1320. The van der Waals surface area contributed by atoms with Gasteiger partial charge in [0.15, 0.2) is 11.5 Å². The van der Waals surface area contributed by atoms with E-state index in [1.54, 1.807) is 48.9 Å². The highest BCUT2D eigenvalue weighted by Gasteiger charge is 2.46. The number of aliphatic hydroxyl groups excluding tert-OH is 1. The molecule has 40 heavy (non-hydrogen) atoms. The van der Waals surface area contributed by atoms with Gasteiger partial charge in [-0.05, 0) is 68.1 Å². The van der Waals surface area contributed by atoms with Gasteiger partial charge in [-0.2, -0.15) is 0 Å². The van der Waals surface area contributed by atoms with Crippen molar-refractivity contribution in [1.29, 1.82) is 0 Å².